The van der Waals surface area contributed by atoms with E-state index in [2.05, 4.69) is 52.0 Å². The highest BCUT2D eigenvalue weighted by Crippen LogP contribution is 2.44. The number of phenols is 1. The van der Waals surface area contributed by atoms with Crippen LogP contribution in [0.5, 0.6) is 5.75 Å². The first-order chi connectivity index (χ1) is 10.5. The zero-order valence-corrected chi connectivity index (χ0v) is 14.7. The van der Waals surface area contributed by atoms with Crippen molar-refractivity contribution in [3.63, 3.8) is 0 Å². The van der Waals surface area contributed by atoms with E-state index in [1.165, 1.54) is 16.0 Å². The van der Waals surface area contributed by atoms with E-state index in [0.29, 0.717) is 11.7 Å². The average molecular weight is 314 g/mol. The Bertz CT molecular complexity index is 591. The highest BCUT2D eigenvalue weighted by molar-refractivity contribution is 8.00. The van der Waals surface area contributed by atoms with Gasteiger partial charge in [0.2, 0.25) is 0 Å². The largest absolute Gasteiger partial charge is 0.508 e. The van der Waals surface area contributed by atoms with Gasteiger partial charge in [0, 0.05) is 10.1 Å². The van der Waals surface area contributed by atoms with Gasteiger partial charge in [0.05, 0.1) is 0 Å². The zero-order valence-electron chi connectivity index (χ0n) is 13.9. The van der Waals surface area contributed by atoms with Gasteiger partial charge in [0.1, 0.15) is 5.75 Å². The number of thioether (sulfide) groups is 1. The lowest BCUT2D eigenvalue weighted by Crippen LogP contribution is -1.99. The Labute approximate surface area is 138 Å². The van der Waals surface area contributed by atoms with Gasteiger partial charge in [0.15, 0.2) is 0 Å². The van der Waals surface area contributed by atoms with Crippen LogP contribution in [0.2, 0.25) is 0 Å². The van der Waals surface area contributed by atoms with Gasteiger partial charge < -0.3 is 5.11 Å². The molecule has 0 radical (unpaired) electrons. The van der Waals surface area contributed by atoms with Crippen LogP contribution < -0.4 is 0 Å². The molecule has 1 nitrogen and oxygen atoms in total. The van der Waals surface area contributed by atoms with Crippen LogP contribution in [0.4, 0.5) is 0 Å². The smallest absolute Gasteiger partial charge is 0.115 e. The quantitative estimate of drug-likeness (QED) is 0.713. The van der Waals surface area contributed by atoms with Crippen molar-refractivity contribution < 1.29 is 5.11 Å². The Morgan fingerprint density at radius 2 is 1.68 bits per heavy atom. The Hall–Kier alpha value is -1.41. The summed E-state index contributed by atoms with van der Waals surface area (Å²) in [5.74, 6) is 1.67. The molecule has 118 valence electrons. The number of hydrogen-bond donors (Lipinski definition) is 1. The van der Waals surface area contributed by atoms with Crippen molar-refractivity contribution in [2.24, 2.45) is 0 Å². The first-order valence-electron chi connectivity index (χ1n) is 8.07. The lowest BCUT2D eigenvalue weighted by atomic mass is 9.99. The Morgan fingerprint density at radius 3 is 2.27 bits per heavy atom. The summed E-state index contributed by atoms with van der Waals surface area (Å²) in [4.78, 5) is 1.48. The fourth-order valence-electron chi connectivity index (χ4n) is 2.56. The minimum Gasteiger partial charge on any atom is -0.508 e. The number of rotatable bonds is 2. The molecule has 3 atom stereocenters. The van der Waals surface area contributed by atoms with Crippen LogP contribution in [0.1, 0.15) is 57.1 Å². The van der Waals surface area contributed by atoms with Crippen LogP contribution >= 0.6 is 11.8 Å². The van der Waals surface area contributed by atoms with E-state index in [1.807, 2.05) is 23.9 Å². The molecule has 22 heavy (non-hydrogen) atoms. The maximum atomic E-state index is 9.01. The predicted molar refractivity (Wildman–Crippen MR) is 97.0 cm³/mol. The molecule has 0 amide bonds. The first kappa shape index (κ1) is 17.0. The van der Waals surface area contributed by atoms with Crippen molar-refractivity contribution in [1.29, 1.82) is 0 Å². The van der Waals surface area contributed by atoms with E-state index in [9.17, 15) is 0 Å². The van der Waals surface area contributed by atoms with E-state index in [0.717, 1.165) is 17.6 Å². The number of aromatic hydroxyl groups is 1. The maximum Gasteiger partial charge on any atom is 0.115 e. The summed E-state index contributed by atoms with van der Waals surface area (Å²) >= 11 is 2.00. The third-order valence-corrected chi connectivity index (χ3v) is 5.91. The van der Waals surface area contributed by atoms with Gasteiger partial charge in [-0.3, -0.25) is 0 Å². The minimum atomic E-state index is 0.344. The zero-order chi connectivity index (χ0) is 16.1. The van der Waals surface area contributed by atoms with Crippen LogP contribution in [-0.4, -0.2) is 10.4 Å². The molecule has 0 aliphatic carbocycles. The van der Waals surface area contributed by atoms with E-state index in [4.69, 9.17) is 5.11 Å². The molecule has 1 aliphatic heterocycles. The molecule has 0 bridgehead atoms. The third-order valence-electron chi connectivity index (χ3n) is 4.50. The van der Waals surface area contributed by atoms with Gasteiger partial charge in [-0.05, 0) is 47.6 Å². The van der Waals surface area contributed by atoms with E-state index < -0.39 is 0 Å². The number of fused-ring (bicyclic) bond motifs is 1. The fraction of sp³-hybridized carbons (Fsp3) is 0.400. The SMILES string of the molecule is CC1Sc2ccccc2C1C.CCC(C)c1ccc(O)cc1. The van der Waals surface area contributed by atoms with E-state index in [1.54, 1.807) is 12.1 Å². The average Bonchev–Trinajstić information content (AvgIpc) is 2.83. The second-order valence-corrected chi connectivity index (χ2v) is 7.47. The van der Waals surface area contributed by atoms with Crippen LogP contribution in [0.25, 0.3) is 0 Å². The molecule has 0 spiro atoms. The Kier molecular flexibility index (Phi) is 5.96. The first-order valence-corrected chi connectivity index (χ1v) is 8.95. The van der Waals surface area contributed by atoms with Crippen molar-refractivity contribution in [3.05, 3.63) is 59.7 Å². The molecule has 1 heterocycles. The normalized spacial score (nSPS) is 20.7. The number of hydrogen-bond acceptors (Lipinski definition) is 2. The molecule has 3 rings (SSSR count). The van der Waals surface area contributed by atoms with Crippen LogP contribution in [0.3, 0.4) is 0 Å². The molecule has 0 aromatic heterocycles. The van der Waals surface area contributed by atoms with Gasteiger partial charge in [-0.25, -0.2) is 0 Å². The van der Waals surface area contributed by atoms with Crippen molar-refractivity contribution >= 4 is 11.8 Å². The lowest BCUT2D eigenvalue weighted by molar-refractivity contribution is 0.475. The van der Waals surface area contributed by atoms with Crippen LogP contribution in [0.15, 0.2) is 53.4 Å². The summed E-state index contributed by atoms with van der Waals surface area (Å²) < 4.78 is 0. The highest BCUT2D eigenvalue weighted by atomic mass is 32.2. The van der Waals surface area contributed by atoms with Crippen molar-refractivity contribution in [2.75, 3.05) is 0 Å². The van der Waals surface area contributed by atoms with E-state index >= 15 is 0 Å². The monoisotopic (exact) mass is 314 g/mol. The van der Waals surface area contributed by atoms with Crippen molar-refractivity contribution in [2.45, 2.75) is 56.1 Å². The third kappa shape index (κ3) is 4.07. The van der Waals surface area contributed by atoms with Gasteiger partial charge in [-0.1, -0.05) is 58.0 Å². The number of phenolic OH excluding ortho intramolecular Hbond substituents is 1. The van der Waals surface area contributed by atoms with Gasteiger partial charge in [0.25, 0.3) is 0 Å². The molecule has 1 N–H and O–H groups in total. The molecule has 2 aromatic carbocycles. The predicted octanol–water partition coefficient (Wildman–Crippen LogP) is 6.19. The molecule has 0 fully saturated rings. The second kappa shape index (κ2) is 7.73. The summed E-state index contributed by atoms with van der Waals surface area (Å²) in [6.07, 6.45) is 1.14. The maximum absolute atomic E-state index is 9.01. The highest BCUT2D eigenvalue weighted by Gasteiger charge is 2.25. The lowest BCUT2D eigenvalue weighted by Gasteiger charge is -2.07. The number of benzene rings is 2. The minimum absolute atomic E-state index is 0.344. The molecule has 0 saturated carbocycles. The van der Waals surface area contributed by atoms with Crippen molar-refractivity contribution in [1.82, 2.24) is 0 Å². The molecule has 2 heteroatoms. The molecule has 3 unspecified atom stereocenters. The standard InChI is InChI=1S/C10H14O.C10H12S/c1-3-8(2)9-4-6-10(11)7-5-9;1-7-8(2)11-10-6-4-3-5-9(7)10/h4-8,11H,3H2,1-2H3;3-8H,1-2H3. The molecule has 0 saturated heterocycles. The Morgan fingerprint density at radius 1 is 1.05 bits per heavy atom. The summed E-state index contributed by atoms with van der Waals surface area (Å²) in [5, 5.41) is 9.77. The molecule has 2 aromatic rings. The fourth-order valence-corrected chi connectivity index (χ4v) is 3.86. The van der Waals surface area contributed by atoms with Gasteiger partial charge >= 0.3 is 0 Å². The summed E-state index contributed by atoms with van der Waals surface area (Å²) in [6.45, 7) is 8.96. The molecular formula is C20H26OS. The van der Waals surface area contributed by atoms with Crippen LogP contribution in [0, 0.1) is 0 Å². The van der Waals surface area contributed by atoms with Crippen LogP contribution in [-0.2, 0) is 0 Å². The summed E-state index contributed by atoms with van der Waals surface area (Å²) in [6, 6.07) is 16.1. The topological polar surface area (TPSA) is 20.2 Å². The van der Waals surface area contributed by atoms with Gasteiger partial charge in [-0.2, -0.15) is 0 Å². The summed E-state index contributed by atoms with van der Waals surface area (Å²) in [5.41, 5.74) is 2.83. The van der Waals surface area contributed by atoms with Gasteiger partial charge in [-0.15, -0.1) is 11.8 Å². The summed E-state index contributed by atoms with van der Waals surface area (Å²) in [7, 11) is 0. The molecule has 1 aliphatic rings. The van der Waals surface area contributed by atoms with Crippen molar-refractivity contribution in [3.8, 4) is 5.75 Å². The molecular weight excluding hydrogens is 288 g/mol. The Balaban J connectivity index is 0.000000160. The second-order valence-electron chi connectivity index (χ2n) is 6.05. The van der Waals surface area contributed by atoms with E-state index in [-0.39, 0.29) is 0 Å².